The van der Waals surface area contributed by atoms with Crippen molar-refractivity contribution in [3.8, 4) is 11.5 Å². The number of ketones is 1. The highest BCUT2D eigenvalue weighted by Gasteiger charge is 2.26. The van der Waals surface area contributed by atoms with Crippen molar-refractivity contribution in [3.05, 3.63) is 94.0 Å². The Morgan fingerprint density at radius 3 is 2.42 bits per heavy atom. The van der Waals surface area contributed by atoms with E-state index in [1.54, 1.807) is 18.3 Å². The molecule has 1 saturated heterocycles. The zero-order chi connectivity index (χ0) is 32.9. The van der Waals surface area contributed by atoms with Crippen LogP contribution < -0.4 is 19.7 Å². The number of anilines is 2. The number of likely N-dealkylation sites (tertiary alicyclic amines) is 1. The first-order valence-corrected chi connectivity index (χ1v) is 18.2. The minimum Gasteiger partial charge on any atom is -0.494 e. The minimum absolute atomic E-state index is 0.0398. The molecule has 0 bridgehead atoms. The second kappa shape index (κ2) is 14.8. The lowest BCUT2D eigenvalue weighted by molar-refractivity contribution is 0.100. The summed E-state index contributed by atoms with van der Waals surface area (Å²) in [6, 6.07) is 21.6. The largest absolute Gasteiger partial charge is 0.494 e. The molecule has 1 amide bonds. The molecular weight excluding hydrogens is 643 g/mol. The van der Waals surface area contributed by atoms with E-state index in [-0.39, 0.29) is 11.7 Å². The first-order valence-electron chi connectivity index (χ1n) is 16.6. The number of benzene rings is 3. The Bertz CT molecular complexity index is 1860. The van der Waals surface area contributed by atoms with E-state index in [9.17, 15) is 9.59 Å². The number of aromatic nitrogens is 2. The number of thiazole rings is 2. The van der Waals surface area contributed by atoms with Crippen LogP contribution in [-0.4, -0.2) is 66.0 Å². The van der Waals surface area contributed by atoms with Crippen LogP contribution in [0.1, 0.15) is 63.0 Å². The van der Waals surface area contributed by atoms with Crippen molar-refractivity contribution in [2.24, 2.45) is 0 Å². The standard InChI is InChI=1S/C37H39N5O4S2/c1-25(43)34-33(12-7-22-45-27-13-15-28(16-14-27)46-23-21-41-18-4-5-19-41)48-37(39-34)42-20-17-26-8-6-9-29(30(26)24-42)35(44)40-36-38-31-10-2-3-11-32(31)47-36/h2-3,6,8-11,13-16H,4-5,7,12,17-24H2,1H3,(H,38,40,44). The molecule has 248 valence electrons. The Hall–Kier alpha value is -4.32. The summed E-state index contributed by atoms with van der Waals surface area (Å²) < 4.78 is 12.9. The molecule has 5 aromatic rings. The van der Waals surface area contributed by atoms with Crippen LogP contribution in [0.3, 0.4) is 0 Å². The van der Waals surface area contributed by atoms with Gasteiger partial charge in [-0.1, -0.05) is 35.6 Å². The summed E-state index contributed by atoms with van der Waals surface area (Å²) in [5.41, 5.74) is 4.18. The maximum Gasteiger partial charge on any atom is 0.257 e. The Morgan fingerprint density at radius 2 is 1.65 bits per heavy atom. The van der Waals surface area contributed by atoms with Gasteiger partial charge in [-0.15, -0.1) is 11.3 Å². The van der Waals surface area contributed by atoms with E-state index < -0.39 is 0 Å². The Balaban J connectivity index is 0.951. The molecule has 2 aliphatic rings. The molecular formula is C37H39N5O4S2. The number of para-hydroxylation sites is 1. The van der Waals surface area contributed by atoms with Crippen LogP contribution in [-0.2, 0) is 19.4 Å². The summed E-state index contributed by atoms with van der Waals surface area (Å²) in [6.07, 6.45) is 4.82. The average Bonchev–Trinajstić information content (AvgIpc) is 3.87. The van der Waals surface area contributed by atoms with E-state index in [2.05, 4.69) is 26.2 Å². The van der Waals surface area contributed by atoms with Gasteiger partial charge in [0.15, 0.2) is 16.0 Å². The quantitative estimate of drug-likeness (QED) is 0.103. The van der Waals surface area contributed by atoms with Gasteiger partial charge in [0.2, 0.25) is 0 Å². The van der Waals surface area contributed by atoms with Gasteiger partial charge < -0.3 is 14.4 Å². The Labute approximate surface area is 288 Å². The maximum absolute atomic E-state index is 13.5. The molecule has 0 aliphatic carbocycles. The first kappa shape index (κ1) is 32.2. The van der Waals surface area contributed by atoms with Crippen LogP contribution in [0, 0.1) is 0 Å². The monoisotopic (exact) mass is 681 g/mol. The summed E-state index contributed by atoms with van der Waals surface area (Å²) in [5, 5.41) is 4.41. The van der Waals surface area contributed by atoms with Crippen LogP contribution in [0.4, 0.5) is 10.3 Å². The molecule has 4 heterocycles. The van der Waals surface area contributed by atoms with Gasteiger partial charge in [0.25, 0.3) is 5.91 Å². The SMILES string of the molecule is CC(=O)c1nc(N2CCc3cccc(C(=O)Nc4nc5ccccc5s4)c3C2)sc1CCCOc1ccc(OCCN2CCCC2)cc1. The molecule has 3 aromatic carbocycles. The van der Waals surface area contributed by atoms with Gasteiger partial charge in [-0.05, 0) is 98.8 Å². The first-order chi connectivity index (χ1) is 23.5. The van der Waals surface area contributed by atoms with E-state index >= 15 is 0 Å². The average molecular weight is 682 g/mol. The normalized spacial score (nSPS) is 14.6. The number of carbonyl (C=O) groups excluding carboxylic acids is 2. The van der Waals surface area contributed by atoms with Crippen molar-refractivity contribution < 1.29 is 19.1 Å². The molecule has 0 unspecified atom stereocenters. The second-order valence-corrected chi connectivity index (χ2v) is 14.3. The summed E-state index contributed by atoms with van der Waals surface area (Å²) in [6.45, 7) is 7.43. The number of nitrogens with zero attached hydrogens (tertiary/aromatic N) is 4. The number of aryl methyl sites for hydroxylation is 1. The molecule has 1 fully saturated rings. The smallest absolute Gasteiger partial charge is 0.257 e. The van der Waals surface area contributed by atoms with Crippen molar-refractivity contribution >= 4 is 54.8 Å². The summed E-state index contributed by atoms with van der Waals surface area (Å²) in [5.74, 6) is 1.44. The molecule has 0 saturated carbocycles. The fraction of sp³-hybridized carbons (Fsp3) is 0.351. The number of nitrogens with one attached hydrogen (secondary N) is 1. The van der Waals surface area contributed by atoms with Crippen molar-refractivity contribution in [1.82, 2.24) is 14.9 Å². The van der Waals surface area contributed by atoms with Gasteiger partial charge in [0.05, 0.1) is 16.8 Å². The van der Waals surface area contributed by atoms with E-state index in [1.807, 2.05) is 60.7 Å². The van der Waals surface area contributed by atoms with E-state index in [0.717, 1.165) is 68.8 Å². The van der Waals surface area contributed by atoms with Gasteiger partial charge >= 0.3 is 0 Å². The highest BCUT2D eigenvalue weighted by atomic mass is 32.1. The fourth-order valence-electron chi connectivity index (χ4n) is 6.32. The highest BCUT2D eigenvalue weighted by Crippen LogP contribution is 2.33. The van der Waals surface area contributed by atoms with Crippen LogP contribution in [0.15, 0.2) is 66.7 Å². The molecule has 9 nitrogen and oxygen atoms in total. The van der Waals surface area contributed by atoms with E-state index in [1.165, 1.54) is 37.3 Å². The third-order valence-corrected chi connectivity index (χ3v) is 11.0. The molecule has 1 N–H and O–H groups in total. The fourth-order valence-corrected chi connectivity index (χ4v) is 8.36. The summed E-state index contributed by atoms with van der Waals surface area (Å²) in [4.78, 5) is 41.0. The third-order valence-electron chi connectivity index (χ3n) is 8.84. The number of hydrogen-bond acceptors (Lipinski definition) is 10. The molecule has 0 atom stereocenters. The lowest BCUT2D eigenvalue weighted by atomic mass is 9.94. The third kappa shape index (κ3) is 7.53. The van der Waals surface area contributed by atoms with E-state index in [4.69, 9.17) is 14.5 Å². The summed E-state index contributed by atoms with van der Waals surface area (Å²) in [7, 11) is 0. The predicted octanol–water partition coefficient (Wildman–Crippen LogP) is 7.26. The minimum atomic E-state index is -0.170. The number of amides is 1. The number of carbonyl (C=O) groups is 2. The number of Topliss-reactive ketones (excluding diaryl/α,β-unsaturated/α-hetero) is 1. The van der Waals surface area contributed by atoms with Crippen LogP contribution >= 0.6 is 22.7 Å². The molecule has 0 radical (unpaired) electrons. The molecule has 48 heavy (non-hydrogen) atoms. The van der Waals surface area contributed by atoms with Crippen LogP contribution in [0.2, 0.25) is 0 Å². The Kier molecular flexibility index (Phi) is 9.97. The van der Waals surface area contributed by atoms with Crippen molar-refractivity contribution in [3.63, 3.8) is 0 Å². The zero-order valence-electron chi connectivity index (χ0n) is 27.1. The molecule has 7 rings (SSSR count). The van der Waals surface area contributed by atoms with Gasteiger partial charge in [-0.3, -0.25) is 19.8 Å². The van der Waals surface area contributed by atoms with E-state index in [0.29, 0.717) is 42.6 Å². The predicted molar refractivity (Wildman–Crippen MR) is 192 cm³/mol. The maximum atomic E-state index is 13.5. The molecule has 2 aliphatic heterocycles. The molecule has 0 spiro atoms. The Morgan fingerprint density at radius 1 is 0.875 bits per heavy atom. The van der Waals surface area contributed by atoms with Gasteiger partial charge in [-0.2, -0.15) is 0 Å². The zero-order valence-corrected chi connectivity index (χ0v) is 28.7. The van der Waals surface area contributed by atoms with Gasteiger partial charge in [-0.25, -0.2) is 9.97 Å². The lowest BCUT2D eigenvalue weighted by Crippen LogP contribution is -2.32. The van der Waals surface area contributed by atoms with Crippen LogP contribution in [0.25, 0.3) is 10.2 Å². The highest BCUT2D eigenvalue weighted by molar-refractivity contribution is 7.22. The number of fused-ring (bicyclic) bond motifs is 2. The lowest BCUT2D eigenvalue weighted by Gasteiger charge is -2.29. The number of ether oxygens (including phenoxy) is 2. The van der Waals surface area contributed by atoms with Crippen molar-refractivity contribution in [2.45, 2.75) is 45.6 Å². The second-order valence-electron chi connectivity index (χ2n) is 12.2. The number of rotatable bonds is 13. The van der Waals surface area contributed by atoms with Crippen molar-refractivity contribution in [1.29, 1.82) is 0 Å². The number of hydrogen-bond donors (Lipinski definition) is 1. The molecule has 2 aromatic heterocycles. The molecule has 11 heteroatoms. The van der Waals surface area contributed by atoms with Crippen LogP contribution in [0.5, 0.6) is 11.5 Å². The summed E-state index contributed by atoms with van der Waals surface area (Å²) >= 11 is 3.03. The van der Waals surface area contributed by atoms with Gasteiger partial charge in [0.1, 0.15) is 23.8 Å². The topological polar surface area (TPSA) is 96.9 Å². The van der Waals surface area contributed by atoms with Gasteiger partial charge in [0, 0.05) is 37.0 Å². The van der Waals surface area contributed by atoms with Crippen molar-refractivity contribution in [2.75, 3.05) is 49.6 Å².